The fraction of sp³-hybridized carbons (Fsp3) is 0.714. The van der Waals surface area contributed by atoms with Crippen molar-refractivity contribution in [3.63, 3.8) is 0 Å². The summed E-state index contributed by atoms with van der Waals surface area (Å²) >= 11 is 0. The largest absolute Gasteiger partial charge is 0.381 e. The van der Waals surface area contributed by atoms with Crippen LogP contribution < -0.4 is 0 Å². The number of amides is 1. The molecule has 104 valence electrons. The molecule has 1 aliphatic carbocycles. The van der Waals surface area contributed by atoms with Gasteiger partial charge in [0.15, 0.2) is 5.69 Å². The number of rotatable bonds is 3. The van der Waals surface area contributed by atoms with Crippen LogP contribution in [0.2, 0.25) is 0 Å². The summed E-state index contributed by atoms with van der Waals surface area (Å²) in [6.07, 6.45) is 5.49. The van der Waals surface area contributed by atoms with Gasteiger partial charge >= 0.3 is 0 Å². The van der Waals surface area contributed by atoms with Gasteiger partial charge in [-0.1, -0.05) is 5.16 Å². The smallest absolute Gasteiger partial charge is 0.276 e. The first-order chi connectivity index (χ1) is 9.28. The predicted octanol–water partition coefficient (Wildman–Crippen LogP) is 2.19. The molecule has 1 saturated heterocycles. The molecule has 5 nitrogen and oxygen atoms in total. The Morgan fingerprint density at radius 1 is 1.37 bits per heavy atom. The number of ether oxygens (including phenoxy) is 1. The third-order valence-electron chi connectivity index (χ3n) is 4.02. The summed E-state index contributed by atoms with van der Waals surface area (Å²) in [5.74, 6) is 1.36. The molecule has 2 fully saturated rings. The quantitative estimate of drug-likeness (QED) is 0.839. The molecule has 3 rings (SSSR count). The van der Waals surface area contributed by atoms with Gasteiger partial charge in [0.1, 0.15) is 5.76 Å². The zero-order valence-corrected chi connectivity index (χ0v) is 11.3. The molecule has 2 heterocycles. The number of hydrogen-bond donors (Lipinski definition) is 0. The van der Waals surface area contributed by atoms with Crippen LogP contribution in [0.15, 0.2) is 10.6 Å². The first-order valence-electron chi connectivity index (χ1n) is 7.06. The summed E-state index contributed by atoms with van der Waals surface area (Å²) in [7, 11) is 1.74. The van der Waals surface area contributed by atoms with E-state index < -0.39 is 0 Å². The van der Waals surface area contributed by atoms with Crippen LogP contribution in [0, 0.1) is 0 Å². The highest BCUT2D eigenvalue weighted by atomic mass is 16.5. The number of aromatic nitrogens is 1. The Morgan fingerprint density at radius 3 is 2.95 bits per heavy atom. The van der Waals surface area contributed by atoms with Crippen LogP contribution in [0.5, 0.6) is 0 Å². The van der Waals surface area contributed by atoms with Crippen molar-refractivity contribution in [1.82, 2.24) is 10.1 Å². The minimum Gasteiger partial charge on any atom is -0.381 e. The summed E-state index contributed by atoms with van der Waals surface area (Å²) in [6.45, 7) is 1.52. The van der Waals surface area contributed by atoms with E-state index in [0.717, 1.165) is 51.0 Å². The normalized spacial score (nSPS) is 24.3. The van der Waals surface area contributed by atoms with Gasteiger partial charge in [-0.3, -0.25) is 4.79 Å². The topological polar surface area (TPSA) is 55.6 Å². The van der Waals surface area contributed by atoms with Crippen molar-refractivity contribution >= 4 is 5.91 Å². The van der Waals surface area contributed by atoms with Crippen molar-refractivity contribution in [1.29, 1.82) is 0 Å². The molecule has 5 heteroatoms. The summed E-state index contributed by atoms with van der Waals surface area (Å²) in [6, 6.07) is 1.82. The molecule has 0 aromatic carbocycles. The summed E-state index contributed by atoms with van der Waals surface area (Å²) in [5.41, 5.74) is 0.456. The van der Waals surface area contributed by atoms with E-state index >= 15 is 0 Å². The Balaban J connectivity index is 1.65. The molecule has 0 N–H and O–H groups in total. The fourth-order valence-electron chi connectivity index (χ4n) is 2.62. The van der Waals surface area contributed by atoms with Crippen molar-refractivity contribution in [2.24, 2.45) is 0 Å². The minimum absolute atomic E-state index is 0.00703. The molecular weight excluding hydrogens is 244 g/mol. The van der Waals surface area contributed by atoms with Crippen molar-refractivity contribution in [2.75, 3.05) is 20.2 Å². The predicted molar refractivity (Wildman–Crippen MR) is 69.0 cm³/mol. The Labute approximate surface area is 112 Å². The molecule has 1 unspecified atom stereocenters. The van der Waals surface area contributed by atoms with E-state index in [1.165, 1.54) is 0 Å². The summed E-state index contributed by atoms with van der Waals surface area (Å²) in [4.78, 5) is 14.2. The zero-order chi connectivity index (χ0) is 13.2. The Morgan fingerprint density at radius 2 is 2.21 bits per heavy atom. The van der Waals surface area contributed by atoms with Gasteiger partial charge in [-0.25, -0.2) is 0 Å². The monoisotopic (exact) mass is 264 g/mol. The van der Waals surface area contributed by atoms with Crippen LogP contribution in [0.1, 0.15) is 54.3 Å². The van der Waals surface area contributed by atoms with Gasteiger partial charge in [0, 0.05) is 32.2 Å². The fourth-order valence-corrected chi connectivity index (χ4v) is 2.62. The number of methoxy groups -OCH3 is 1. The lowest BCUT2D eigenvalue weighted by molar-refractivity contribution is 0.0714. The van der Waals surface area contributed by atoms with Crippen molar-refractivity contribution in [2.45, 2.75) is 44.1 Å². The van der Waals surface area contributed by atoms with Crippen molar-refractivity contribution < 1.29 is 14.1 Å². The highest BCUT2D eigenvalue weighted by Gasteiger charge is 2.30. The maximum Gasteiger partial charge on any atom is 0.276 e. The SMILES string of the molecule is COC1CCCN(C(=O)c2cc(C3CC3)on2)CC1. The van der Waals surface area contributed by atoms with E-state index in [0.29, 0.717) is 11.6 Å². The molecule has 1 atom stereocenters. The lowest BCUT2D eigenvalue weighted by Gasteiger charge is -2.18. The summed E-state index contributed by atoms with van der Waals surface area (Å²) < 4.78 is 10.6. The van der Waals surface area contributed by atoms with E-state index in [2.05, 4.69) is 5.16 Å². The first-order valence-corrected chi connectivity index (χ1v) is 7.06. The molecule has 0 spiro atoms. The highest BCUT2D eigenvalue weighted by Crippen LogP contribution is 2.40. The van der Waals surface area contributed by atoms with Gasteiger partial charge in [-0.05, 0) is 32.1 Å². The van der Waals surface area contributed by atoms with E-state index in [1.54, 1.807) is 7.11 Å². The van der Waals surface area contributed by atoms with Gasteiger partial charge < -0.3 is 14.2 Å². The molecule has 1 aromatic heterocycles. The second-order valence-corrected chi connectivity index (χ2v) is 5.47. The van der Waals surface area contributed by atoms with Crippen LogP contribution in [0.3, 0.4) is 0 Å². The van der Waals surface area contributed by atoms with Crippen LogP contribution >= 0.6 is 0 Å². The molecule has 19 heavy (non-hydrogen) atoms. The molecule has 0 radical (unpaired) electrons. The number of carbonyl (C=O) groups excluding carboxylic acids is 1. The molecule has 1 saturated carbocycles. The standard InChI is InChI=1S/C14H20N2O3/c1-18-11-3-2-7-16(8-6-11)14(17)12-9-13(19-15-12)10-4-5-10/h9-11H,2-8H2,1H3. The second kappa shape index (κ2) is 5.33. The van der Waals surface area contributed by atoms with E-state index in [9.17, 15) is 4.79 Å². The van der Waals surface area contributed by atoms with Crippen molar-refractivity contribution in [3.05, 3.63) is 17.5 Å². The molecule has 0 bridgehead atoms. The Hall–Kier alpha value is -1.36. The lowest BCUT2D eigenvalue weighted by Crippen LogP contribution is -2.32. The number of hydrogen-bond acceptors (Lipinski definition) is 4. The number of carbonyl (C=O) groups is 1. The minimum atomic E-state index is -0.00703. The van der Waals surface area contributed by atoms with E-state index in [1.807, 2.05) is 11.0 Å². The molecule has 2 aliphatic rings. The molecule has 1 aliphatic heterocycles. The lowest BCUT2D eigenvalue weighted by atomic mass is 10.2. The number of likely N-dealkylation sites (tertiary alicyclic amines) is 1. The van der Waals surface area contributed by atoms with Gasteiger partial charge in [-0.2, -0.15) is 0 Å². The Bertz CT molecular complexity index is 453. The Kier molecular flexibility index (Phi) is 3.55. The molecule has 1 amide bonds. The second-order valence-electron chi connectivity index (χ2n) is 5.47. The van der Waals surface area contributed by atoms with Crippen LogP contribution in [-0.2, 0) is 4.74 Å². The van der Waals surface area contributed by atoms with Crippen LogP contribution in [-0.4, -0.2) is 42.3 Å². The maximum absolute atomic E-state index is 12.4. The number of nitrogens with zero attached hydrogens (tertiary/aromatic N) is 2. The van der Waals surface area contributed by atoms with Gasteiger partial charge in [0.25, 0.3) is 5.91 Å². The van der Waals surface area contributed by atoms with E-state index in [4.69, 9.17) is 9.26 Å². The average Bonchev–Trinajstić information content (AvgIpc) is 3.21. The summed E-state index contributed by atoms with van der Waals surface area (Å²) in [5, 5.41) is 3.92. The van der Waals surface area contributed by atoms with Crippen LogP contribution in [0.25, 0.3) is 0 Å². The van der Waals surface area contributed by atoms with Gasteiger partial charge in [-0.15, -0.1) is 0 Å². The third-order valence-corrected chi connectivity index (χ3v) is 4.02. The first kappa shape index (κ1) is 12.7. The van der Waals surface area contributed by atoms with Gasteiger partial charge in [0.2, 0.25) is 0 Å². The molecular formula is C14H20N2O3. The molecule has 1 aromatic rings. The maximum atomic E-state index is 12.4. The highest BCUT2D eigenvalue weighted by molar-refractivity contribution is 5.92. The van der Waals surface area contributed by atoms with Gasteiger partial charge in [0.05, 0.1) is 6.10 Å². The zero-order valence-electron chi connectivity index (χ0n) is 11.3. The van der Waals surface area contributed by atoms with E-state index in [-0.39, 0.29) is 12.0 Å². The average molecular weight is 264 g/mol. The van der Waals surface area contributed by atoms with Crippen LogP contribution in [0.4, 0.5) is 0 Å². The third kappa shape index (κ3) is 2.81. The van der Waals surface area contributed by atoms with Crippen molar-refractivity contribution in [3.8, 4) is 0 Å².